The Hall–Kier alpha value is -3.47. The number of nitrogens with zero attached hydrogens (tertiary/aromatic N) is 4. The first-order chi connectivity index (χ1) is 17.0. The summed E-state index contributed by atoms with van der Waals surface area (Å²) in [4.78, 5) is 11.7. The van der Waals surface area contributed by atoms with Gasteiger partial charge in [-0.05, 0) is 54.6 Å². The van der Waals surface area contributed by atoms with Gasteiger partial charge in [-0.2, -0.15) is 4.98 Å². The van der Waals surface area contributed by atoms with E-state index in [4.69, 9.17) is 9.47 Å². The lowest BCUT2D eigenvalue weighted by Gasteiger charge is -2.26. The summed E-state index contributed by atoms with van der Waals surface area (Å²) >= 11 is 0. The molecular weight excluding hydrogens is 466 g/mol. The summed E-state index contributed by atoms with van der Waals surface area (Å²) in [5, 5.41) is 4.12. The SMILES string of the molecule is CS(=O)(=O)c1ccc(-n2ccc3cnc(Nc4ccc(OCCN5CCOCC5)cc4)nc32)cc1. The third-order valence-corrected chi connectivity index (χ3v) is 6.99. The zero-order valence-corrected chi connectivity index (χ0v) is 20.2. The molecule has 0 radical (unpaired) electrons. The van der Waals surface area contributed by atoms with Crippen molar-refractivity contribution in [2.24, 2.45) is 0 Å². The maximum atomic E-state index is 11.8. The van der Waals surface area contributed by atoms with E-state index in [0.29, 0.717) is 12.6 Å². The first-order valence-corrected chi connectivity index (χ1v) is 13.3. The van der Waals surface area contributed by atoms with Crippen LogP contribution in [0, 0.1) is 0 Å². The van der Waals surface area contributed by atoms with E-state index in [1.165, 1.54) is 6.26 Å². The normalized spacial score (nSPS) is 14.8. The van der Waals surface area contributed by atoms with Crippen LogP contribution in [0.4, 0.5) is 11.6 Å². The molecular formula is C25H27N5O4S. The van der Waals surface area contributed by atoms with Crippen LogP contribution < -0.4 is 10.1 Å². The molecule has 182 valence electrons. The highest BCUT2D eigenvalue weighted by molar-refractivity contribution is 7.90. The van der Waals surface area contributed by atoms with Crippen molar-refractivity contribution in [3.8, 4) is 11.4 Å². The van der Waals surface area contributed by atoms with Crippen LogP contribution in [0.2, 0.25) is 0 Å². The molecule has 0 aliphatic carbocycles. The van der Waals surface area contributed by atoms with E-state index >= 15 is 0 Å². The standard InChI is InChI=1S/C25H27N5O4S/c1-35(31,32)23-8-4-21(5-9-23)30-11-10-19-18-26-25(28-24(19)30)27-20-2-6-22(7-3-20)34-17-14-29-12-15-33-16-13-29/h2-11,18H,12-17H2,1H3,(H,26,27,28). The molecule has 2 aromatic heterocycles. The lowest BCUT2D eigenvalue weighted by Crippen LogP contribution is -2.38. The van der Waals surface area contributed by atoms with Crippen LogP contribution >= 0.6 is 0 Å². The van der Waals surface area contributed by atoms with Gasteiger partial charge in [-0.25, -0.2) is 13.4 Å². The molecule has 2 aromatic carbocycles. The highest BCUT2D eigenvalue weighted by Crippen LogP contribution is 2.23. The third kappa shape index (κ3) is 5.61. The van der Waals surface area contributed by atoms with Crippen LogP contribution in [0.1, 0.15) is 0 Å². The molecule has 0 spiro atoms. The predicted molar refractivity (Wildman–Crippen MR) is 134 cm³/mol. The van der Waals surface area contributed by atoms with Gasteiger partial charge in [0.15, 0.2) is 9.84 Å². The number of nitrogens with one attached hydrogen (secondary N) is 1. The van der Waals surface area contributed by atoms with Crippen LogP contribution in [-0.2, 0) is 14.6 Å². The fraction of sp³-hybridized carbons (Fsp3) is 0.280. The molecule has 9 nitrogen and oxygen atoms in total. The molecule has 35 heavy (non-hydrogen) atoms. The van der Waals surface area contributed by atoms with E-state index in [1.807, 2.05) is 41.1 Å². The van der Waals surface area contributed by atoms with Gasteiger partial charge in [0.1, 0.15) is 18.0 Å². The number of fused-ring (bicyclic) bond motifs is 1. The lowest BCUT2D eigenvalue weighted by atomic mass is 10.3. The van der Waals surface area contributed by atoms with Gasteiger partial charge >= 0.3 is 0 Å². The molecule has 1 N–H and O–H groups in total. The van der Waals surface area contributed by atoms with Crippen molar-refractivity contribution in [1.82, 2.24) is 19.4 Å². The zero-order chi connectivity index (χ0) is 24.3. The predicted octanol–water partition coefficient (Wildman–Crippen LogP) is 3.28. The third-order valence-electron chi connectivity index (χ3n) is 5.86. The van der Waals surface area contributed by atoms with Gasteiger partial charge in [0.2, 0.25) is 5.95 Å². The number of hydrogen-bond acceptors (Lipinski definition) is 8. The van der Waals surface area contributed by atoms with Crippen molar-refractivity contribution < 1.29 is 17.9 Å². The van der Waals surface area contributed by atoms with Crippen molar-refractivity contribution in [3.05, 3.63) is 67.0 Å². The monoisotopic (exact) mass is 493 g/mol. The van der Waals surface area contributed by atoms with E-state index in [0.717, 1.165) is 61.0 Å². The minimum atomic E-state index is -3.25. The molecule has 1 aliphatic heterocycles. The van der Waals surface area contributed by atoms with Crippen molar-refractivity contribution >= 4 is 32.5 Å². The molecule has 3 heterocycles. The quantitative estimate of drug-likeness (QED) is 0.399. The molecule has 0 unspecified atom stereocenters. The minimum Gasteiger partial charge on any atom is -0.492 e. The Morgan fingerprint density at radius 1 is 1.03 bits per heavy atom. The van der Waals surface area contributed by atoms with Gasteiger partial charge < -0.3 is 19.4 Å². The van der Waals surface area contributed by atoms with Crippen LogP contribution in [0.5, 0.6) is 5.75 Å². The average Bonchev–Trinajstić information content (AvgIpc) is 3.29. The van der Waals surface area contributed by atoms with E-state index in [1.54, 1.807) is 30.5 Å². The molecule has 0 bridgehead atoms. The van der Waals surface area contributed by atoms with E-state index in [9.17, 15) is 8.42 Å². The van der Waals surface area contributed by atoms with Crippen LogP contribution in [0.15, 0.2) is 71.9 Å². The van der Waals surface area contributed by atoms with Crippen molar-refractivity contribution in [3.63, 3.8) is 0 Å². The number of ether oxygens (including phenoxy) is 2. The summed E-state index contributed by atoms with van der Waals surface area (Å²) < 4.78 is 36.6. The number of hydrogen-bond donors (Lipinski definition) is 1. The number of anilines is 2. The molecule has 10 heteroatoms. The number of rotatable bonds is 8. The molecule has 0 amide bonds. The Kier molecular flexibility index (Phi) is 6.67. The van der Waals surface area contributed by atoms with Gasteiger partial charge in [0.05, 0.1) is 18.1 Å². The largest absolute Gasteiger partial charge is 0.492 e. The summed E-state index contributed by atoms with van der Waals surface area (Å²) in [6.07, 6.45) is 4.85. The van der Waals surface area contributed by atoms with Gasteiger partial charge in [0, 0.05) is 55.0 Å². The van der Waals surface area contributed by atoms with E-state index in [-0.39, 0.29) is 4.90 Å². The smallest absolute Gasteiger partial charge is 0.229 e. The van der Waals surface area contributed by atoms with Crippen LogP contribution in [-0.4, -0.2) is 73.6 Å². The highest BCUT2D eigenvalue weighted by atomic mass is 32.2. The minimum absolute atomic E-state index is 0.281. The molecule has 0 atom stereocenters. The summed E-state index contributed by atoms with van der Waals surface area (Å²) in [5.41, 5.74) is 2.38. The highest BCUT2D eigenvalue weighted by Gasteiger charge is 2.11. The summed E-state index contributed by atoms with van der Waals surface area (Å²) in [7, 11) is -3.25. The zero-order valence-electron chi connectivity index (χ0n) is 19.4. The van der Waals surface area contributed by atoms with Crippen molar-refractivity contribution in [1.29, 1.82) is 0 Å². The molecule has 5 rings (SSSR count). The second-order valence-electron chi connectivity index (χ2n) is 8.38. The van der Waals surface area contributed by atoms with E-state index < -0.39 is 9.84 Å². The Labute approximate surface area is 204 Å². The first kappa shape index (κ1) is 23.3. The summed E-state index contributed by atoms with van der Waals surface area (Å²) in [6, 6.07) is 16.4. The van der Waals surface area contributed by atoms with Crippen molar-refractivity contribution in [2.45, 2.75) is 4.90 Å². The molecule has 0 saturated carbocycles. The molecule has 1 saturated heterocycles. The fourth-order valence-electron chi connectivity index (χ4n) is 3.92. The van der Waals surface area contributed by atoms with Gasteiger partial charge in [-0.15, -0.1) is 0 Å². The fourth-order valence-corrected chi connectivity index (χ4v) is 4.55. The topological polar surface area (TPSA) is 98.6 Å². The second-order valence-corrected chi connectivity index (χ2v) is 10.4. The number of morpholine rings is 1. The van der Waals surface area contributed by atoms with Crippen LogP contribution in [0.3, 0.4) is 0 Å². The van der Waals surface area contributed by atoms with Gasteiger partial charge in [-0.1, -0.05) is 0 Å². The van der Waals surface area contributed by atoms with Crippen molar-refractivity contribution in [2.75, 3.05) is 51.0 Å². The Morgan fingerprint density at radius 2 is 1.77 bits per heavy atom. The average molecular weight is 494 g/mol. The Bertz CT molecular complexity index is 1400. The van der Waals surface area contributed by atoms with E-state index in [2.05, 4.69) is 20.2 Å². The lowest BCUT2D eigenvalue weighted by molar-refractivity contribution is 0.0322. The summed E-state index contributed by atoms with van der Waals surface area (Å²) in [5.74, 6) is 1.28. The molecule has 4 aromatic rings. The molecule has 1 aliphatic rings. The number of sulfone groups is 1. The van der Waals surface area contributed by atoms with Gasteiger partial charge in [0.25, 0.3) is 0 Å². The molecule has 1 fully saturated rings. The number of benzene rings is 2. The maximum Gasteiger partial charge on any atom is 0.229 e. The van der Waals surface area contributed by atoms with Gasteiger partial charge in [-0.3, -0.25) is 4.90 Å². The number of aromatic nitrogens is 3. The van der Waals surface area contributed by atoms with Crippen LogP contribution in [0.25, 0.3) is 16.7 Å². The summed E-state index contributed by atoms with van der Waals surface area (Å²) in [6.45, 7) is 4.99. The first-order valence-electron chi connectivity index (χ1n) is 11.4. The Morgan fingerprint density at radius 3 is 2.49 bits per heavy atom. The second kappa shape index (κ2) is 10.0. The Balaban J connectivity index is 1.25. The maximum absolute atomic E-state index is 11.8.